The second-order valence-electron chi connectivity index (χ2n) is 7.35. The fourth-order valence-corrected chi connectivity index (χ4v) is 3.60. The maximum Gasteiger partial charge on any atom is 0.322 e. The standard InChI is InChI=1S/C20H24N6O4/c1-12(22-23-20(28)18-17(26(29)30)13(2)24-25(18)3)14-8-10-16(11-9-14)21-19(27)15-6-4-5-7-15/h8-11,15H,4-7H2,1-3H3,(H,21,27)(H,23,28)/b22-12+. The van der Waals surface area contributed by atoms with Gasteiger partial charge in [0.15, 0.2) is 0 Å². The van der Waals surface area contributed by atoms with Crippen LogP contribution in [0.2, 0.25) is 0 Å². The van der Waals surface area contributed by atoms with Crippen LogP contribution < -0.4 is 10.7 Å². The van der Waals surface area contributed by atoms with Crippen molar-refractivity contribution in [1.29, 1.82) is 0 Å². The molecule has 0 spiro atoms. The van der Waals surface area contributed by atoms with E-state index in [1.807, 2.05) is 0 Å². The van der Waals surface area contributed by atoms with E-state index in [0.717, 1.165) is 35.9 Å². The van der Waals surface area contributed by atoms with E-state index in [1.165, 1.54) is 14.0 Å². The molecule has 0 unspecified atom stereocenters. The smallest absolute Gasteiger partial charge is 0.322 e. The van der Waals surface area contributed by atoms with E-state index in [9.17, 15) is 19.7 Å². The molecule has 0 atom stereocenters. The van der Waals surface area contributed by atoms with Gasteiger partial charge in [-0.15, -0.1) is 0 Å². The molecule has 0 bridgehead atoms. The summed E-state index contributed by atoms with van der Waals surface area (Å²) in [7, 11) is 1.46. The van der Waals surface area contributed by atoms with E-state index in [-0.39, 0.29) is 28.9 Å². The first-order chi connectivity index (χ1) is 14.3. The van der Waals surface area contributed by atoms with Crippen LogP contribution in [0.3, 0.4) is 0 Å². The first-order valence-electron chi connectivity index (χ1n) is 9.72. The molecule has 10 nitrogen and oxygen atoms in total. The number of carbonyl (C=O) groups is 2. The molecule has 3 rings (SSSR count). The van der Waals surface area contributed by atoms with E-state index >= 15 is 0 Å². The number of benzene rings is 1. The van der Waals surface area contributed by atoms with Crippen molar-refractivity contribution in [2.24, 2.45) is 18.1 Å². The number of hydrazone groups is 1. The molecule has 10 heteroatoms. The summed E-state index contributed by atoms with van der Waals surface area (Å²) in [5, 5.41) is 22.1. The Labute approximate surface area is 173 Å². The average molecular weight is 412 g/mol. The third-order valence-electron chi connectivity index (χ3n) is 5.21. The number of aromatic nitrogens is 2. The number of amides is 2. The molecule has 0 saturated heterocycles. The molecule has 1 aliphatic carbocycles. The molecule has 2 amide bonds. The number of hydrogen-bond donors (Lipinski definition) is 2. The van der Waals surface area contributed by atoms with Gasteiger partial charge in [-0.2, -0.15) is 10.2 Å². The van der Waals surface area contributed by atoms with Crippen LogP contribution in [0.15, 0.2) is 29.4 Å². The van der Waals surface area contributed by atoms with Crippen LogP contribution in [-0.4, -0.2) is 32.2 Å². The monoisotopic (exact) mass is 412 g/mol. The topological polar surface area (TPSA) is 132 Å². The zero-order valence-corrected chi connectivity index (χ0v) is 17.1. The molecule has 1 aromatic carbocycles. The second-order valence-corrected chi connectivity index (χ2v) is 7.35. The molecule has 158 valence electrons. The Bertz CT molecular complexity index is 1000. The Hall–Kier alpha value is -3.56. The maximum atomic E-state index is 12.4. The lowest BCUT2D eigenvalue weighted by atomic mass is 10.1. The molecule has 0 radical (unpaired) electrons. The number of rotatable bonds is 6. The molecule has 1 aliphatic rings. The fourth-order valence-electron chi connectivity index (χ4n) is 3.60. The van der Waals surface area contributed by atoms with Gasteiger partial charge in [-0.25, -0.2) is 5.43 Å². The first kappa shape index (κ1) is 21.2. The van der Waals surface area contributed by atoms with Gasteiger partial charge in [0, 0.05) is 18.7 Å². The number of anilines is 1. The zero-order chi connectivity index (χ0) is 21.8. The highest BCUT2D eigenvalue weighted by Gasteiger charge is 2.29. The van der Waals surface area contributed by atoms with Gasteiger partial charge in [-0.3, -0.25) is 24.4 Å². The lowest BCUT2D eigenvalue weighted by molar-refractivity contribution is -0.385. The molecule has 2 aromatic rings. The molecule has 1 fully saturated rings. The molecule has 30 heavy (non-hydrogen) atoms. The van der Waals surface area contributed by atoms with Crippen molar-refractivity contribution in [3.05, 3.63) is 51.3 Å². The maximum absolute atomic E-state index is 12.4. The lowest BCUT2D eigenvalue weighted by Crippen LogP contribution is -2.23. The highest BCUT2D eigenvalue weighted by molar-refractivity contribution is 6.02. The minimum absolute atomic E-state index is 0.0472. The normalized spacial score (nSPS) is 14.6. The van der Waals surface area contributed by atoms with E-state index in [0.29, 0.717) is 11.4 Å². The van der Waals surface area contributed by atoms with Crippen LogP contribution in [-0.2, 0) is 11.8 Å². The number of hydrogen-bond acceptors (Lipinski definition) is 6. The number of aryl methyl sites for hydroxylation is 2. The van der Waals surface area contributed by atoms with Crippen molar-refractivity contribution < 1.29 is 14.5 Å². The van der Waals surface area contributed by atoms with Crippen LogP contribution in [0.4, 0.5) is 11.4 Å². The van der Waals surface area contributed by atoms with Gasteiger partial charge >= 0.3 is 5.69 Å². The average Bonchev–Trinajstić information content (AvgIpc) is 3.34. The Balaban J connectivity index is 1.66. The van der Waals surface area contributed by atoms with Gasteiger partial charge < -0.3 is 5.32 Å². The largest absolute Gasteiger partial charge is 0.326 e. The third kappa shape index (κ3) is 4.53. The van der Waals surface area contributed by atoms with Crippen molar-refractivity contribution >= 4 is 28.9 Å². The minimum Gasteiger partial charge on any atom is -0.326 e. The van der Waals surface area contributed by atoms with Crippen molar-refractivity contribution in [3.63, 3.8) is 0 Å². The molecular formula is C20H24N6O4. The summed E-state index contributed by atoms with van der Waals surface area (Å²) in [6.45, 7) is 3.17. The van der Waals surface area contributed by atoms with Crippen molar-refractivity contribution in [3.8, 4) is 0 Å². The van der Waals surface area contributed by atoms with Gasteiger partial charge in [0.1, 0.15) is 5.69 Å². The molecule has 2 N–H and O–H groups in total. The zero-order valence-electron chi connectivity index (χ0n) is 17.1. The first-order valence-corrected chi connectivity index (χ1v) is 9.72. The van der Waals surface area contributed by atoms with Crippen molar-refractivity contribution in [1.82, 2.24) is 15.2 Å². The van der Waals surface area contributed by atoms with Gasteiger partial charge in [-0.1, -0.05) is 25.0 Å². The summed E-state index contributed by atoms with van der Waals surface area (Å²) in [4.78, 5) is 35.2. The fraction of sp³-hybridized carbons (Fsp3) is 0.400. The van der Waals surface area contributed by atoms with Crippen LogP contribution in [0.25, 0.3) is 0 Å². The summed E-state index contributed by atoms with van der Waals surface area (Å²) >= 11 is 0. The molecule has 1 aromatic heterocycles. The quantitative estimate of drug-likeness (QED) is 0.428. The summed E-state index contributed by atoms with van der Waals surface area (Å²) in [5.41, 5.74) is 3.95. The predicted molar refractivity (Wildman–Crippen MR) is 111 cm³/mol. The van der Waals surface area contributed by atoms with Crippen LogP contribution >= 0.6 is 0 Å². The SMILES string of the molecule is C/C(=N\NC(=O)c1c([N+](=O)[O-])c(C)nn1C)c1ccc(NC(=O)C2CCCC2)cc1. The van der Waals surface area contributed by atoms with E-state index in [4.69, 9.17) is 0 Å². The lowest BCUT2D eigenvalue weighted by Gasteiger charge is -2.11. The van der Waals surface area contributed by atoms with E-state index in [1.54, 1.807) is 31.2 Å². The highest BCUT2D eigenvalue weighted by Crippen LogP contribution is 2.26. The Morgan fingerprint density at radius 3 is 2.47 bits per heavy atom. The Kier molecular flexibility index (Phi) is 6.24. The number of nitro groups is 1. The molecular weight excluding hydrogens is 388 g/mol. The third-order valence-corrected chi connectivity index (χ3v) is 5.21. The Morgan fingerprint density at radius 2 is 1.87 bits per heavy atom. The minimum atomic E-state index is -0.718. The van der Waals surface area contributed by atoms with Gasteiger partial charge in [0.2, 0.25) is 11.6 Å². The van der Waals surface area contributed by atoms with E-state index in [2.05, 4.69) is 20.9 Å². The van der Waals surface area contributed by atoms with E-state index < -0.39 is 10.8 Å². The second kappa shape index (κ2) is 8.85. The highest BCUT2D eigenvalue weighted by atomic mass is 16.6. The van der Waals surface area contributed by atoms with Gasteiger partial charge in [0.25, 0.3) is 5.91 Å². The van der Waals surface area contributed by atoms with Crippen molar-refractivity contribution in [2.45, 2.75) is 39.5 Å². The van der Waals surface area contributed by atoms with Gasteiger partial charge in [0.05, 0.1) is 10.6 Å². The Morgan fingerprint density at radius 1 is 1.23 bits per heavy atom. The summed E-state index contributed by atoms with van der Waals surface area (Å²) in [5.74, 6) is -0.585. The number of nitrogens with zero attached hydrogens (tertiary/aromatic N) is 4. The molecule has 1 saturated carbocycles. The van der Waals surface area contributed by atoms with Crippen molar-refractivity contribution in [2.75, 3.05) is 5.32 Å². The summed E-state index contributed by atoms with van der Waals surface area (Å²) in [6, 6.07) is 7.12. The summed E-state index contributed by atoms with van der Waals surface area (Å²) < 4.78 is 1.16. The number of nitrogens with one attached hydrogen (secondary N) is 2. The van der Waals surface area contributed by atoms with Crippen LogP contribution in [0.5, 0.6) is 0 Å². The summed E-state index contributed by atoms with van der Waals surface area (Å²) in [6.07, 6.45) is 4.06. The van der Waals surface area contributed by atoms with Gasteiger partial charge in [-0.05, 0) is 44.4 Å². The number of carbonyl (C=O) groups excluding carboxylic acids is 2. The molecule has 0 aliphatic heterocycles. The van der Waals surface area contributed by atoms with Crippen LogP contribution in [0, 0.1) is 23.0 Å². The van der Waals surface area contributed by atoms with Crippen LogP contribution in [0.1, 0.15) is 54.4 Å². The molecule has 1 heterocycles. The predicted octanol–water partition coefficient (Wildman–Crippen LogP) is 2.92.